The molecular formula is C56H42N2. The van der Waals surface area contributed by atoms with Crippen molar-refractivity contribution in [3.8, 4) is 78.4 Å². The van der Waals surface area contributed by atoms with Gasteiger partial charge in [-0.2, -0.15) is 0 Å². The van der Waals surface area contributed by atoms with E-state index in [1.165, 1.54) is 81.8 Å². The van der Waals surface area contributed by atoms with Crippen molar-refractivity contribution >= 4 is 10.8 Å². The first-order valence-corrected chi connectivity index (χ1v) is 20.7. The summed E-state index contributed by atoms with van der Waals surface area (Å²) in [7, 11) is 0. The van der Waals surface area contributed by atoms with Crippen LogP contribution >= 0.6 is 0 Å². The minimum Gasteiger partial charge on any atom is -0.228 e. The average Bonchev–Trinajstić information content (AvgIpc) is 3.56. The number of rotatable bonds is 6. The molecule has 8 aromatic carbocycles. The first-order chi connectivity index (χ1) is 28.7. The average molecular weight is 743 g/mol. The van der Waals surface area contributed by atoms with Gasteiger partial charge in [0.1, 0.15) is 0 Å². The van der Waals surface area contributed by atoms with Crippen LogP contribution in [0.4, 0.5) is 0 Å². The minimum absolute atomic E-state index is 0.0969. The van der Waals surface area contributed by atoms with E-state index in [0.29, 0.717) is 5.82 Å². The summed E-state index contributed by atoms with van der Waals surface area (Å²) in [5.74, 6) is 0.713. The molecule has 0 N–H and O–H groups in total. The fraction of sp³-hybridized carbons (Fsp3) is 0.107. The molecule has 2 nitrogen and oxygen atoms in total. The van der Waals surface area contributed by atoms with Gasteiger partial charge in [-0.05, 0) is 104 Å². The molecule has 2 aliphatic rings. The first-order valence-electron chi connectivity index (χ1n) is 20.7. The molecule has 1 fully saturated rings. The van der Waals surface area contributed by atoms with Crippen molar-refractivity contribution in [3.05, 3.63) is 205 Å². The van der Waals surface area contributed by atoms with Gasteiger partial charge in [0.2, 0.25) is 0 Å². The highest BCUT2D eigenvalue weighted by atomic mass is 14.9. The molecule has 0 unspecified atom stereocenters. The molecule has 1 saturated carbocycles. The van der Waals surface area contributed by atoms with E-state index < -0.39 is 0 Å². The van der Waals surface area contributed by atoms with Crippen LogP contribution in [0.15, 0.2) is 194 Å². The summed E-state index contributed by atoms with van der Waals surface area (Å²) in [6, 6.07) is 70.5. The standard InChI is InChI=1S/C56H42N2/c1-4-16-38(17-5-1)42-22-14-23-45(34-42)52-37-53(58-55(57-52)41-18-6-2-7-19-41)48-25-11-10-24-46(48)39-28-30-40(31-29-39)47-26-15-27-50-54(47)49-35-43-20-8-9-21-44(43)36-51(49)56(50)32-12-3-13-33-56/h1-2,4-11,14-31,34-37H,3,12-13,32-33H2. The van der Waals surface area contributed by atoms with Crippen molar-refractivity contribution in [2.24, 2.45) is 0 Å². The number of hydrogen-bond acceptors (Lipinski definition) is 2. The summed E-state index contributed by atoms with van der Waals surface area (Å²) in [6.45, 7) is 0. The summed E-state index contributed by atoms with van der Waals surface area (Å²) < 4.78 is 0. The van der Waals surface area contributed by atoms with Crippen LogP contribution in [-0.4, -0.2) is 9.97 Å². The lowest BCUT2D eigenvalue weighted by atomic mass is 9.67. The van der Waals surface area contributed by atoms with Gasteiger partial charge >= 0.3 is 0 Å². The zero-order valence-electron chi connectivity index (χ0n) is 32.4. The molecule has 2 heteroatoms. The number of nitrogens with zero attached hydrogens (tertiary/aromatic N) is 2. The summed E-state index contributed by atoms with van der Waals surface area (Å²) in [4.78, 5) is 10.4. The van der Waals surface area contributed by atoms with Gasteiger partial charge in [-0.1, -0.05) is 189 Å². The topological polar surface area (TPSA) is 25.8 Å². The van der Waals surface area contributed by atoms with Gasteiger partial charge in [0.15, 0.2) is 5.82 Å². The number of benzene rings is 8. The van der Waals surface area contributed by atoms with E-state index in [4.69, 9.17) is 9.97 Å². The van der Waals surface area contributed by atoms with Crippen LogP contribution in [-0.2, 0) is 5.41 Å². The molecule has 0 amide bonds. The molecule has 1 spiro atoms. The van der Waals surface area contributed by atoms with Gasteiger partial charge in [-0.25, -0.2) is 9.97 Å². The molecule has 9 aromatic rings. The van der Waals surface area contributed by atoms with E-state index >= 15 is 0 Å². The van der Waals surface area contributed by atoms with E-state index in [-0.39, 0.29) is 5.41 Å². The summed E-state index contributed by atoms with van der Waals surface area (Å²) in [6.07, 6.45) is 6.34. The fourth-order valence-corrected chi connectivity index (χ4v) is 9.89. The van der Waals surface area contributed by atoms with E-state index in [0.717, 1.165) is 44.8 Å². The zero-order valence-corrected chi connectivity index (χ0v) is 32.4. The summed E-state index contributed by atoms with van der Waals surface area (Å²) in [5.41, 5.74) is 18.1. The van der Waals surface area contributed by atoms with Crippen molar-refractivity contribution < 1.29 is 0 Å². The molecule has 0 bridgehead atoms. The van der Waals surface area contributed by atoms with E-state index in [9.17, 15) is 0 Å². The third-order valence-electron chi connectivity index (χ3n) is 12.7. The molecule has 1 aromatic heterocycles. The maximum Gasteiger partial charge on any atom is 0.160 e. The van der Waals surface area contributed by atoms with Crippen LogP contribution in [0.5, 0.6) is 0 Å². The second kappa shape index (κ2) is 14.2. The summed E-state index contributed by atoms with van der Waals surface area (Å²) in [5, 5.41) is 2.66. The minimum atomic E-state index is 0.0969. The Morgan fingerprint density at radius 1 is 0.328 bits per heavy atom. The maximum absolute atomic E-state index is 5.24. The Morgan fingerprint density at radius 2 is 0.897 bits per heavy atom. The SMILES string of the molecule is c1ccc(-c2cccc(-c3cc(-c4ccccc4-c4ccc(-c5cccc6c5-c5cc7ccccc7cc5C65CCCCC5)cc4)nc(-c4ccccc4)n3)c2)cc1. The third kappa shape index (κ3) is 5.87. The molecule has 0 aliphatic heterocycles. The largest absolute Gasteiger partial charge is 0.228 e. The van der Waals surface area contributed by atoms with Crippen LogP contribution < -0.4 is 0 Å². The van der Waals surface area contributed by atoms with E-state index in [1.54, 1.807) is 0 Å². The zero-order chi connectivity index (χ0) is 38.5. The van der Waals surface area contributed by atoms with Crippen LogP contribution in [0.3, 0.4) is 0 Å². The van der Waals surface area contributed by atoms with Crippen LogP contribution in [0.25, 0.3) is 89.2 Å². The van der Waals surface area contributed by atoms with E-state index in [2.05, 4.69) is 188 Å². The van der Waals surface area contributed by atoms with Crippen molar-refractivity contribution in [3.63, 3.8) is 0 Å². The Kier molecular flexibility index (Phi) is 8.43. The van der Waals surface area contributed by atoms with Crippen molar-refractivity contribution in [1.82, 2.24) is 9.97 Å². The predicted octanol–water partition coefficient (Wildman–Crippen LogP) is 14.9. The lowest BCUT2D eigenvalue weighted by molar-refractivity contribution is 0.353. The highest BCUT2D eigenvalue weighted by Crippen LogP contribution is 2.58. The monoisotopic (exact) mass is 742 g/mol. The maximum atomic E-state index is 5.24. The first kappa shape index (κ1) is 34.4. The summed E-state index contributed by atoms with van der Waals surface area (Å²) >= 11 is 0. The lowest BCUT2D eigenvalue weighted by Gasteiger charge is -2.36. The Hall–Kier alpha value is -6.90. The van der Waals surface area contributed by atoms with Gasteiger partial charge in [0.25, 0.3) is 0 Å². The van der Waals surface area contributed by atoms with Gasteiger partial charge in [-0.3, -0.25) is 0 Å². The Morgan fingerprint density at radius 3 is 1.66 bits per heavy atom. The highest BCUT2D eigenvalue weighted by molar-refractivity contribution is 5.99. The second-order valence-corrected chi connectivity index (χ2v) is 16.0. The highest BCUT2D eigenvalue weighted by Gasteiger charge is 2.44. The van der Waals surface area contributed by atoms with Crippen LogP contribution in [0, 0.1) is 0 Å². The van der Waals surface area contributed by atoms with Crippen LogP contribution in [0.1, 0.15) is 43.2 Å². The number of hydrogen-bond donors (Lipinski definition) is 0. The molecule has 276 valence electrons. The van der Waals surface area contributed by atoms with Crippen molar-refractivity contribution in [1.29, 1.82) is 0 Å². The normalized spacial score (nSPS) is 14.0. The smallest absolute Gasteiger partial charge is 0.160 e. The molecular weight excluding hydrogens is 701 g/mol. The Labute approximate surface area is 340 Å². The molecule has 11 rings (SSSR count). The van der Waals surface area contributed by atoms with E-state index in [1.807, 2.05) is 6.07 Å². The van der Waals surface area contributed by atoms with Crippen LogP contribution in [0.2, 0.25) is 0 Å². The molecule has 0 radical (unpaired) electrons. The molecule has 0 atom stereocenters. The van der Waals surface area contributed by atoms with Gasteiger partial charge in [0.05, 0.1) is 11.4 Å². The Balaban J connectivity index is 1.01. The van der Waals surface area contributed by atoms with Gasteiger partial charge in [-0.15, -0.1) is 0 Å². The lowest BCUT2D eigenvalue weighted by Crippen LogP contribution is -2.28. The number of aromatic nitrogens is 2. The third-order valence-corrected chi connectivity index (χ3v) is 12.7. The van der Waals surface area contributed by atoms with Gasteiger partial charge < -0.3 is 0 Å². The molecule has 58 heavy (non-hydrogen) atoms. The molecule has 2 aliphatic carbocycles. The quantitative estimate of drug-likeness (QED) is 0.170. The second-order valence-electron chi connectivity index (χ2n) is 16.0. The molecule has 1 heterocycles. The fourth-order valence-electron chi connectivity index (χ4n) is 9.89. The Bertz CT molecular complexity index is 2960. The molecule has 0 saturated heterocycles. The van der Waals surface area contributed by atoms with Crippen molar-refractivity contribution in [2.45, 2.75) is 37.5 Å². The van der Waals surface area contributed by atoms with Crippen molar-refractivity contribution in [2.75, 3.05) is 0 Å². The predicted molar refractivity (Wildman–Crippen MR) is 241 cm³/mol. The van der Waals surface area contributed by atoms with Gasteiger partial charge in [0, 0.05) is 22.1 Å². The number of fused-ring (bicyclic) bond motifs is 6.